The summed E-state index contributed by atoms with van der Waals surface area (Å²) in [7, 11) is 1.86. The van der Waals surface area contributed by atoms with Crippen LogP contribution in [0.25, 0.3) is 0 Å². The molecule has 0 radical (unpaired) electrons. The maximum atomic E-state index is 5.86. The third kappa shape index (κ3) is 3.33. The molecule has 2 aromatic rings. The van der Waals surface area contributed by atoms with E-state index in [2.05, 4.69) is 22.2 Å². The van der Waals surface area contributed by atoms with Gasteiger partial charge in [-0.3, -0.25) is 0 Å². The SMILES string of the molecule is CCOC(c1ccccc1)c1nc(CC)cc(NC)n1. The molecule has 0 aliphatic rings. The number of benzene rings is 1. The predicted molar refractivity (Wildman–Crippen MR) is 80.9 cm³/mol. The minimum atomic E-state index is -0.222. The summed E-state index contributed by atoms with van der Waals surface area (Å²) in [5.74, 6) is 1.54. The van der Waals surface area contributed by atoms with Gasteiger partial charge in [-0.05, 0) is 18.9 Å². The van der Waals surface area contributed by atoms with E-state index in [0.29, 0.717) is 12.4 Å². The van der Waals surface area contributed by atoms with Crippen LogP contribution < -0.4 is 5.32 Å². The zero-order chi connectivity index (χ0) is 14.4. The molecule has 0 aliphatic heterocycles. The maximum Gasteiger partial charge on any atom is 0.164 e. The summed E-state index contributed by atoms with van der Waals surface area (Å²) in [5, 5.41) is 3.08. The van der Waals surface area contributed by atoms with Crippen LogP contribution in [0.1, 0.15) is 37.0 Å². The molecule has 4 heteroatoms. The highest BCUT2D eigenvalue weighted by molar-refractivity contribution is 5.37. The van der Waals surface area contributed by atoms with Crippen LogP contribution in [0, 0.1) is 0 Å². The standard InChI is InChI=1S/C16H21N3O/c1-4-13-11-14(17-3)19-16(18-13)15(20-5-2)12-9-7-6-8-10-12/h6-11,15H,4-5H2,1-3H3,(H,17,18,19). The van der Waals surface area contributed by atoms with E-state index in [1.54, 1.807) is 0 Å². The second kappa shape index (κ2) is 7.01. The Bertz CT molecular complexity index is 520. The molecule has 1 aromatic heterocycles. The zero-order valence-electron chi connectivity index (χ0n) is 12.3. The first-order valence-corrected chi connectivity index (χ1v) is 7.00. The van der Waals surface area contributed by atoms with Gasteiger partial charge in [0.2, 0.25) is 0 Å². The lowest BCUT2D eigenvalue weighted by atomic mass is 10.1. The van der Waals surface area contributed by atoms with Crippen molar-refractivity contribution < 1.29 is 4.74 Å². The fraction of sp³-hybridized carbons (Fsp3) is 0.375. The summed E-state index contributed by atoms with van der Waals surface area (Å²) in [4.78, 5) is 9.17. The maximum absolute atomic E-state index is 5.86. The van der Waals surface area contributed by atoms with Crippen LogP contribution in [-0.4, -0.2) is 23.6 Å². The van der Waals surface area contributed by atoms with Crippen LogP contribution in [0.4, 0.5) is 5.82 Å². The van der Waals surface area contributed by atoms with Crippen LogP contribution in [0.5, 0.6) is 0 Å². The van der Waals surface area contributed by atoms with Crippen molar-refractivity contribution in [3.8, 4) is 0 Å². The van der Waals surface area contributed by atoms with Crippen molar-refractivity contribution in [1.29, 1.82) is 0 Å². The quantitative estimate of drug-likeness (QED) is 0.876. The number of hydrogen-bond acceptors (Lipinski definition) is 4. The number of nitrogens with zero attached hydrogens (tertiary/aromatic N) is 2. The Kier molecular flexibility index (Phi) is 5.07. The molecule has 1 unspecified atom stereocenters. The van der Waals surface area contributed by atoms with Gasteiger partial charge in [0.1, 0.15) is 11.9 Å². The monoisotopic (exact) mass is 271 g/mol. The molecule has 2 rings (SSSR count). The van der Waals surface area contributed by atoms with E-state index in [9.17, 15) is 0 Å². The molecule has 0 bridgehead atoms. The third-order valence-corrected chi connectivity index (χ3v) is 3.09. The second-order valence-corrected chi connectivity index (χ2v) is 4.45. The summed E-state index contributed by atoms with van der Waals surface area (Å²) in [5.41, 5.74) is 2.09. The number of nitrogens with one attached hydrogen (secondary N) is 1. The minimum absolute atomic E-state index is 0.222. The first-order chi connectivity index (χ1) is 9.78. The Balaban J connectivity index is 2.43. The Morgan fingerprint density at radius 2 is 1.90 bits per heavy atom. The summed E-state index contributed by atoms with van der Waals surface area (Å²) in [6, 6.07) is 12.1. The summed E-state index contributed by atoms with van der Waals surface area (Å²) in [6.07, 6.45) is 0.650. The predicted octanol–water partition coefficient (Wildman–Crippen LogP) is 3.21. The van der Waals surface area contributed by atoms with Gasteiger partial charge in [-0.2, -0.15) is 0 Å². The van der Waals surface area contributed by atoms with Crippen LogP contribution in [0.2, 0.25) is 0 Å². The Hall–Kier alpha value is -1.94. The van der Waals surface area contributed by atoms with E-state index in [4.69, 9.17) is 4.74 Å². The van der Waals surface area contributed by atoms with E-state index in [1.165, 1.54) is 0 Å². The van der Waals surface area contributed by atoms with Gasteiger partial charge in [0.05, 0.1) is 0 Å². The van der Waals surface area contributed by atoms with Gasteiger partial charge in [-0.1, -0.05) is 37.3 Å². The topological polar surface area (TPSA) is 47.0 Å². The van der Waals surface area contributed by atoms with E-state index < -0.39 is 0 Å². The van der Waals surface area contributed by atoms with Gasteiger partial charge in [0, 0.05) is 25.4 Å². The molecule has 0 saturated carbocycles. The number of aryl methyl sites for hydroxylation is 1. The van der Waals surface area contributed by atoms with Gasteiger partial charge in [0.25, 0.3) is 0 Å². The second-order valence-electron chi connectivity index (χ2n) is 4.45. The van der Waals surface area contributed by atoms with Crippen molar-refractivity contribution in [2.45, 2.75) is 26.4 Å². The van der Waals surface area contributed by atoms with Crippen molar-refractivity contribution in [1.82, 2.24) is 9.97 Å². The molecule has 0 fully saturated rings. The number of ether oxygens (including phenoxy) is 1. The summed E-state index contributed by atoms with van der Waals surface area (Å²) < 4.78 is 5.86. The molecule has 1 aromatic carbocycles. The average molecular weight is 271 g/mol. The van der Waals surface area contributed by atoms with Gasteiger partial charge >= 0.3 is 0 Å². The van der Waals surface area contributed by atoms with Gasteiger partial charge in [0.15, 0.2) is 5.82 Å². The highest BCUT2D eigenvalue weighted by Crippen LogP contribution is 2.24. The molecular weight excluding hydrogens is 250 g/mol. The normalized spacial score (nSPS) is 12.2. The van der Waals surface area contributed by atoms with Gasteiger partial charge in [-0.15, -0.1) is 0 Å². The van der Waals surface area contributed by atoms with Crippen molar-refractivity contribution in [2.24, 2.45) is 0 Å². The third-order valence-electron chi connectivity index (χ3n) is 3.09. The van der Waals surface area contributed by atoms with Crippen molar-refractivity contribution in [2.75, 3.05) is 19.0 Å². The lowest BCUT2D eigenvalue weighted by Gasteiger charge is -2.17. The minimum Gasteiger partial charge on any atom is -0.373 e. The molecule has 1 N–H and O–H groups in total. The summed E-state index contributed by atoms with van der Waals surface area (Å²) in [6.45, 7) is 4.69. The highest BCUT2D eigenvalue weighted by atomic mass is 16.5. The van der Waals surface area contributed by atoms with Gasteiger partial charge in [-0.25, -0.2) is 9.97 Å². The van der Waals surface area contributed by atoms with E-state index >= 15 is 0 Å². The van der Waals surface area contributed by atoms with E-state index in [0.717, 1.165) is 23.5 Å². The Labute approximate surface area is 120 Å². The van der Waals surface area contributed by atoms with Gasteiger partial charge < -0.3 is 10.1 Å². The van der Waals surface area contributed by atoms with Crippen LogP contribution >= 0.6 is 0 Å². The average Bonchev–Trinajstić information content (AvgIpc) is 2.52. The van der Waals surface area contributed by atoms with E-state index in [1.807, 2.05) is 50.4 Å². The summed E-state index contributed by atoms with van der Waals surface area (Å²) >= 11 is 0. The van der Waals surface area contributed by atoms with Crippen molar-refractivity contribution in [3.63, 3.8) is 0 Å². The first kappa shape index (κ1) is 14.5. The molecule has 0 aliphatic carbocycles. The molecule has 1 heterocycles. The molecule has 0 spiro atoms. The number of anilines is 1. The molecule has 4 nitrogen and oxygen atoms in total. The smallest absolute Gasteiger partial charge is 0.164 e. The molecule has 1 atom stereocenters. The van der Waals surface area contributed by atoms with E-state index in [-0.39, 0.29) is 6.10 Å². The fourth-order valence-electron chi connectivity index (χ4n) is 2.06. The molecule has 0 amide bonds. The zero-order valence-corrected chi connectivity index (χ0v) is 12.3. The van der Waals surface area contributed by atoms with Crippen molar-refractivity contribution in [3.05, 3.63) is 53.5 Å². The van der Waals surface area contributed by atoms with Crippen molar-refractivity contribution >= 4 is 5.82 Å². The Morgan fingerprint density at radius 3 is 2.50 bits per heavy atom. The molecular formula is C16H21N3O. The van der Waals surface area contributed by atoms with Crippen LogP contribution in [-0.2, 0) is 11.2 Å². The fourth-order valence-corrected chi connectivity index (χ4v) is 2.06. The number of aromatic nitrogens is 2. The lowest BCUT2D eigenvalue weighted by molar-refractivity contribution is 0.0850. The van der Waals surface area contributed by atoms with Crippen LogP contribution in [0.15, 0.2) is 36.4 Å². The number of rotatable bonds is 6. The number of hydrogen-bond donors (Lipinski definition) is 1. The highest BCUT2D eigenvalue weighted by Gasteiger charge is 2.18. The molecule has 20 heavy (non-hydrogen) atoms. The lowest BCUT2D eigenvalue weighted by Crippen LogP contribution is -2.13. The largest absolute Gasteiger partial charge is 0.373 e. The van der Waals surface area contributed by atoms with Crippen LogP contribution in [0.3, 0.4) is 0 Å². The molecule has 106 valence electrons. The molecule has 0 saturated heterocycles. The first-order valence-electron chi connectivity index (χ1n) is 7.00. The Morgan fingerprint density at radius 1 is 1.15 bits per heavy atom.